The number of fused-ring (bicyclic) bond motifs is 3. The first-order valence-electron chi connectivity index (χ1n) is 9.41. The van der Waals surface area contributed by atoms with Crippen molar-refractivity contribution in [2.75, 3.05) is 0 Å². The lowest BCUT2D eigenvalue weighted by Gasteiger charge is -2.47. The molecule has 3 N–H and O–H groups in total. The average molecular weight is 363 g/mol. The molecule has 1 aliphatic heterocycles. The molecule has 2 bridgehead atoms. The third kappa shape index (κ3) is 3.23. The van der Waals surface area contributed by atoms with E-state index in [2.05, 4.69) is 42.4 Å². The number of dihydropyridines is 1. The SMILES string of the molecule is CC=C1[C@@H]2C=C(C)CC1(N)C1=C(C2)NC(CC(=O)Oc2ccncc2)C=C1. The van der Waals surface area contributed by atoms with Crippen LogP contribution in [0.25, 0.3) is 0 Å². The molecule has 4 rings (SSSR count). The highest BCUT2D eigenvalue weighted by Gasteiger charge is 2.45. The van der Waals surface area contributed by atoms with Gasteiger partial charge in [-0.1, -0.05) is 29.9 Å². The predicted molar refractivity (Wildman–Crippen MR) is 105 cm³/mol. The smallest absolute Gasteiger partial charge is 0.313 e. The molecular weight excluding hydrogens is 338 g/mol. The van der Waals surface area contributed by atoms with Crippen LogP contribution in [0.4, 0.5) is 0 Å². The Kier molecular flexibility index (Phi) is 4.48. The number of rotatable bonds is 3. The molecule has 2 heterocycles. The number of pyridine rings is 1. The Hall–Kier alpha value is -2.66. The molecule has 3 atom stereocenters. The van der Waals surface area contributed by atoms with Gasteiger partial charge in [-0.15, -0.1) is 0 Å². The predicted octanol–water partition coefficient (Wildman–Crippen LogP) is 3.17. The van der Waals surface area contributed by atoms with Crippen molar-refractivity contribution in [3.05, 3.63) is 71.2 Å². The molecular formula is C22H25N3O2. The molecule has 0 radical (unpaired) electrons. The number of esters is 1. The van der Waals surface area contributed by atoms with E-state index in [-0.39, 0.29) is 18.4 Å². The van der Waals surface area contributed by atoms with E-state index in [1.807, 2.05) is 6.08 Å². The lowest BCUT2D eigenvalue weighted by atomic mass is 9.63. The molecule has 3 aliphatic rings. The maximum Gasteiger partial charge on any atom is 0.313 e. The number of aromatic nitrogens is 1. The number of nitrogens with zero attached hydrogens (tertiary/aromatic N) is 1. The van der Waals surface area contributed by atoms with Crippen molar-refractivity contribution in [2.24, 2.45) is 11.7 Å². The largest absolute Gasteiger partial charge is 0.426 e. The highest BCUT2D eigenvalue weighted by Crippen LogP contribution is 2.48. The van der Waals surface area contributed by atoms with Gasteiger partial charge in [-0.3, -0.25) is 9.78 Å². The van der Waals surface area contributed by atoms with E-state index in [9.17, 15) is 4.79 Å². The lowest BCUT2D eigenvalue weighted by molar-refractivity contribution is -0.134. The molecule has 2 aliphatic carbocycles. The molecule has 5 nitrogen and oxygen atoms in total. The van der Waals surface area contributed by atoms with Gasteiger partial charge in [-0.25, -0.2) is 0 Å². The second kappa shape index (κ2) is 6.82. The summed E-state index contributed by atoms with van der Waals surface area (Å²) in [6.07, 6.45) is 13.8. The fraction of sp³-hybridized carbons (Fsp3) is 0.364. The van der Waals surface area contributed by atoms with E-state index < -0.39 is 5.54 Å². The third-order valence-electron chi connectivity index (χ3n) is 5.62. The Labute approximate surface area is 159 Å². The lowest BCUT2D eigenvalue weighted by Crippen LogP contribution is -2.53. The number of allylic oxidation sites excluding steroid dienone is 3. The van der Waals surface area contributed by atoms with Crippen LogP contribution in [0.1, 0.15) is 33.1 Å². The number of nitrogens with one attached hydrogen (secondary N) is 1. The number of carbonyl (C=O) groups is 1. The first-order chi connectivity index (χ1) is 13.0. The van der Waals surface area contributed by atoms with Gasteiger partial charge < -0.3 is 15.8 Å². The van der Waals surface area contributed by atoms with E-state index in [1.54, 1.807) is 24.5 Å². The minimum absolute atomic E-state index is 0.0837. The molecule has 5 heteroatoms. The zero-order valence-corrected chi connectivity index (χ0v) is 15.7. The highest BCUT2D eigenvalue weighted by molar-refractivity contribution is 5.73. The quantitative estimate of drug-likeness (QED) is 0.637. The molecule has 0 aromatic carbocycles. The van der Waals surface area contributed by atoms with Crippen LogP contribution in [0, 0.1) is 5.92 Å². The number of hydrogen-bond acceptors (Lipinski definition) is 5. The number of nitrogens with two attached hydrogens (primary N) is 1. The van der Waals surface area contributed by atoms with Crippen LogP contribution in [0.15, 0.2) is 71.2 Å². The highest BCUT2D eigenvalue weighted by atomic mass is 16.5. The van der Waals surface area contributed by atoms with Crippen LogP contribution in [0.5, 0.6) is 5.75 Å². The van der Waals surface area contributed by atoms with Gasteiger partial charge in [-0.2, -0.15) is 0 Å². The molecule has 0 amide bonds. The monoisotopic (exact) mass is 363 g/mol. The number of ether oxygens (including phenoxy) is 1. The fourth-order valence-electron chi connectivity index (χ4n) is 4.60. The Bertz CT molecular complexity index is 882. The minimum atomic E-state index is -0.447. The topological polar surface area (TPSA) is 77.2 Å². The summed E-state index contributed by atoms with van der Waals surface area (Å²) >= 11 is 0. The Balaban J connectivity index is 1.49. The molecule has 0 saturated heterocycles. The molecule has 2 unspecified atom stereocenters. The van der Waals surface area contributed by atoms with Crippen LogP contribution in [0.2, 0.25) is 0 Å². The average Bonchev–Trinajstić information content (AvgIpc) is 2.61. The maximum absolute atomic E-state index is 12.3. The Morgan fingerprint density at radius 3 is 2.96 bits per heavy atom. The van der Waals surface area contributed by atoms with Crippen LogP contribution in [0.3, 0.4) is 0 Å². The normalized spacial score (nSPS) is 30.5. The summed E-state index contributed by atoms with van der Waals surface area (Å²) in [5, 5.41) is 3.53. The van der Waals surface area contributed by atoms with E-state index in [0.29, 0.717) is 11.7 Å². The van der Waals surface area contributed by atoms with Gasteiger partial charge in [0.25, 0.3) is 0 Å². The molecule has 0 fully saturated rings. The maximum atomic E-state index is 12.3. The Morgan fingerprint density at radius 2 is 2.22 bits per heavy atom. The van der Waals surface area contributed by atoms with Crippen molar-refractivity contribution in [3.8, 4) is 5.75 Å². The summed E-state index contributed by atoms with van der Waals surface area (Å²) in [6, 6.07) is 3.27. The van der Waals surface area contributed by atoms with Crippen molar-refractivity contribution in [3.63, 3.8) is 0 Å². The van der Waals surface area contributed by atoms with Crippen LogP contribution < -0.4 is 15.8 Å². The second-order valence-electron chi connectivity index (χ2n) is 7.58. The first-order valence-corrected chi connectivity index (χ1v) is 9.41. The van der Waals surface area contributed by atoms with E-state index in [0.717, 1.165) is 24.1 Å². The van der Waals surface area contributed by atoms with Gasteiger partial charge in [0.05, 0.1) is 18.0 Å². The third-order valence-corrected chi connectivity index (χ3v) is 5.62. The minimum Gasteiger partial charge on any atom is -0.426 e. The van der Waals surface area contributed by atoms with Crippen LogP contribution in [-0.4, -0.2) is 22.5 Å². The van der Waals surface area contributed by atoms with E-state index in [1.165, 1.54) is 11.1 Å². The zero-order chi connectivity index (χ0) is 19.0. The summed E-state index contributed by atoms with van der Waals surface area (Å²) in [4.78, 5) is 16.2. The van der Waals surface area contributed by atoms with Crippen molar-refractivity contribution in [1.29, 1.82) is 0 Å². The summed E-state index contributed by atoms with van der Waals surface area (Å²) < 4.78 is 5.38. The number of carbonyl (C=O) groups excluding carboxylic acids is 1. The zero-order valence-electron chi connectivity index (χ0n) is 15.7. The molecule has 1 aromatic heterocycles. The molecule has 1 aromatic rings. The standard InChI is InChI=1S/C22H25N3O2/c1-3-18-15-10-14(2)13-22(18,23)19-5-4-16(25-20(19)11-15)12-21(26)27-17-6-8-24-9-7-17/h3-10,15-16,25H,11-13,23H2,1-2H3/t15-,16?,22?/m1/s1. The molecule has 0 saturated carbocycles. The number of hydrogen-bond donors (Lipinski definition) is 2. The van der Waals surface area contributed by atoms with Crippen LogP contribution in [-0.2, 0) is 4.79 Å². The van der Waals surface area contributed by atoms with Gasteiger partial charge in [-0.05, 0) is 50.0 Å². The molecule has 27 heavy (non-hydrogen) atoms. The molecule has 0 spiro atoms. The Morgan fingerprint density at radius 1 is 1.44 bits per heavy atom. The summed E-state index contributed by atoms with van der Waals surface area (Å²) in [7, 11) is 0. The van der Waals surface area contributed by atoms with Crippen molar-refractivity contribution < 1.29 is 9.53 Å². The van der Waals surface area contributed by atoms with E-state index >= 15 is 0 Å². The summed E-state index contributed by atoms with van der Waals surface area (Å²) in [6.45, 7) is 4.23. The summed E-state index contributed by atoms with van der Waals surface area (Å²) in [5.74, 6) is 0.577. The molecule has 140 valence electrons. The van der Waals surface area contributed by atoms with Gasteiger partial charge in [0.2, 0.25) is 0 Å². The van der Waals surface area contributed by atoms with Crippen molar-refractivity contribution in [2.45, 2.75) is 44.7 Å². The second-order valence-corrected chi connectivity index (χ2v) is 7.58. The van der Waals surface area contributed by atoms with E-state index in [4.69, 9.17) is 10.5 Å². The van der Waals surface area contributed by atoms with Gasteiger partial charge in [0.1, 0.15) is 5.75 Å². The van der Waals surface area contributed by atoms with Gasteiger partial charge in [0, 0.05) is 24.0 Å². The van der Waals surface area contributed by atoms with Crippen molar-refractivity contribution in [1.82, 2.24) is 10.3 Å². The fourth-order valence-corrected chi connectivity index (χ4v) is 4.60. The van der Waals surface area contributed by atoms with Crippen LogP contribution >= 0.6 is 0 Å². The first kappa shape index (κ1) is 17.7. The van der Waals surface area contributed by atoms with Gasteiger partial charge in [0.15, 0.2) is 0 Å². The van der Waals surface area contributed by atoms with Crippen molar-refractivity contribution >= 4 is 5.97 Å². The van der Waals surface area contributed by atoms with Gasteiger partial charge >= 0.3 is 5.97 Å². The summed E-state index contributed by atoms with van der Waals surface area (Å²) in [5.41, 5.74) is 11.4.